The highest BCUT2D eigenvalue weighted by Crippen LogP contribution is 2.18. The molecule has 1 aromatic heterocycles. The first kappa shape index (κ1) is 15.7. The maximum Gasteiger partial charge on any atom is 0.347 e. The van der Waals surface area contributed by atoms with Crippen molar-refractivity contribution in [2.75, 3.05) is 0 Å². The minimum atomic E-state index is -0.488. The van der Waals surface area contributed by atoms with Crippen LogP contribution in [0.25, 0.3) is 23.1 Å². The SMILES string of the molecule is CC(=O)Oc1ccc2c(=O)oc(/C=C/c3ccc(C)cc3)nc2c1. The fourth-order valence-electron chi connectivity index (χ4n) is 2.21. The van der Waals surface area contributed by atoms with Gasteiger partial charge < -0.3 is 9.15 Å². The van der Waals surface area contributed by atoms with Crippen molar-refractivity contribution in [3.05, 3.63) is 69.9 Å². The molecule has 0 amide bonds. The average Bonchev–Trinajstić information content (AvgIpc) is 2.53. The van der Waals surface area contributed by atoms with Crippen molar-refractivity contribution < 1.29 is 13.9 Å². The Morgan fingerprint density at radius 3 is 2.58 bits per heavy atom. The number of hydrogen-bond donors (Lipinski definition) is 0. The molecule has 0 aliphatic carbocycles. The van der Waals surface area contributed by atoms with Crippen LogP contribution in [0.5, 0.6) is 5.75 Å². The van der Waals surface area contributed by atoms with Crippen molar-refractivity contribution in [2.45, 2.75) is 13.8 Å². The lowest BCUT2D eigenvalue weighted by atomic mass is 10.1. The Morgan fingerprint density at radius 2 is 1.88 bits per heavy atom. The molecule has 0 saturated carbocycles. The number of carbonyl (C=O) groups excluding carboxylic acids is 1. The van der Waals surface area contributed by atoms with E-state index in [-0.39, 0.29) is 5.89 Å². The Kier molecular flexibility index (Phi) is 4.24. The zero-order chi connectivity index (χ0) is 17.1. The third kappa shape index (κ3) is 3.57. The van der Waals surface area contributed by atoms with E-state index in [0.717, 1.165) is 5.56 Å². The third-order valence-corrected chi connectivity index (χ3v) is 3.37. The summed E-state index contributed by atoms with van der Waals surface area (Å²) in [4.78, 5) is 27.4. The maximum atomic E-state index is 12.0. The zero-order valence-electron chi connectivity index (χ0n) is 13.3. The van der Waals surface area contributed by atoms with Crippen molar-refractivity contribution in [3.8, 4) is 5.75 Å². The van der Waals surface area contributed by atoms with Gasteiger partial charge in [-0.3, -0.25) is 4.79 Å². The fourth-order valence-corrected chi connectivity index (χ4v) is 2.21. The summed E-state index contributed by atoms with van der Waals surface area (Å²) in [5.41, 5.74) is 2.06. The van der Waals surface area contributed by atoms with Crippen LogP contribution in [-0.4, -0.2) is 11.0 Å². The normalized spacial score (nSPS) is 11.1. The van der Waals surface area contributed by atoms with Gasteiger partial charge in [-0.05, 0) is 30.7 Å². The predicted octanol–water partition coefficient (Wildman–Crippen LogP) is 3.59. The number of fused-ring (bicyclic) bond motifs is 1. The van der Waals surface area contributed by atoms with Crippen LogP contribution in [0.4, 0.5) is 0 Å². The smallest absolute Gasteiger partial charge is 0.347 e. The third-order valence-electron chi connectivity index (χ3n) is 3.37. The lowest BCUT2D eigenvalue weighted by Gasteiger charge is -2.02. The van der Waals surface area contributed by atoms with Crippen molar-refractivity contribution in [3.63, 3.8) is 0 Å². The van der Waals surface area contributed by atoms with Crippen molar-refractivity contribution >= 4 is 29.0 Å². The lowest BCUT2D eigenvalue weighted by molar-refractivity contribution is -0.131. The first-order chi connectivity index (χ1) is 11.5. The second kappa shape index (κ2) is 6.50. The number of nitrogens with zero attached hydrogens (tertiary/aromatic N) is 1. The van der Waals surface area contributed by atoms with Gasteiger partial charge in [0, 0.05) is 19.1 Å². The summed E-state index contributed by atoms with van der Waals surface area (Å²) >= 11 is 0. The molecule has 0 atom stereocenters. The van der Waals surface area contributed by atoms with Crippen LogP contribution >= 0.6 is 0 Å². The van der Waals surface area contributed by atoms with Crippen molar-refractivity contribution in [1.29, 1.82) is 0 Å². The molecule has 0 fully saturated rings. The molecule has 1 heterocycles. The van der Waals surface area contributed by atoms with E-state index in [0.29, 0.717) is 16.7 Å². The monoisotopic (exact) mass is 321 g/mol. The van der Waals surface area contributed by atoms with Gasteiger partial charge in [0.1, 0.15) is 5.75 Å². The molecule has 120 valence electrons. The Morgan fingerprint density at radius 1 is 1.12 bits per heavy atom. The van der Waals surface area contributed by atoms with Crippen LogP contribution in [0.3, 0.4) is 0 Å². The summed E-state index contributed by atoms with van der Waals surface area (Å²) in [5, 5.41) is 0.332. The standard InChI is InChI=1S/C19H15NO4/c1-12-3-5-14(6-4-12)7-10-18-20-17-11-15(23-13(2)21)8-9-16(17)19(22)24-18/h3-11H,1-2H3/b10-7+. The Balaban J connectivity index is 1.97. The molecular formula is C19H15NO4. The minimum absolute atomic E-state index is 0.188. The first-order valence-electron chi connectivity index (χ1n) is 7.39. The summed E-state index contributed by atoms with van der Waals surface area (Å²) < 4.78 is 10.2. The van der Waals surface area contributed by atoms with Crippen molar-refractivity contribution in [1.82, 2.24) is 4.98 Å². The molecule has 5 nitrogen and oxygen atoms in total. The number of benzene rings is 2. The highest BCUT2D eigenvalue weighted by molar-refractivity contribution is 5.81. The van der Waals surface area contributed by atoms with Gasteiger partial charge in [-0.25, -0.2) is 9.78 Å². The van der Waals surface area contributed by atoms with E-state index in [1.165, 1.54) is 30.7 Å². The second-order valence-electron chi connectivity index (χ2n) is 5.36. The molecule has 0 aliphatic heterocycles. The Bertz CT molecular complexity index is 984. The zero-order valence-corrected chi connectivity index (χ0v) is 13.3. The number of esters is 1. The highest BCUT2D eigenvalue weighted by Gasteiger charge is 2.07. The van der Waals surface area contributed by atoms with Gasteiger partial charge in [0.2, 0.25) is 5.89 Å². The summed E-state index contributed by atoms with van der Waals surface area (Å²) in [7, 11) is 0. The average molecular weight is 321 g/mol. The fraction of sp³-hybridized carbons (Fsp3) is 0.105. The molecule has 5 heteroatoms. The van der Waals surface area contributed by atoms with Crippen LogP contribution in [0.1, 0.15) is 23.9 Å². The van der Waals surface area contributed by atoms with Gasteiger partial charge in [0.25, 0.3) is 0 Å². The van der Waals surface area contributed by atoms with Gasteiger partial charge in [-0.15, -0.1) is 0 Å². The number of carbonyl (C=O) groups is 1. The number of aryl methyl sites for hydroxylation is 1. The molecule has 0 N–H and O–H groups in total. The number of ether oxygens (including phenoxy) is 1. The molecule has 0 bridgehead atoms. The maximum absolute atomic E-state index is 12.0. The second-order valence-corrected chi connectivity index (χ2v) is 5.36. The van der Waals surface area contributed by atoms with Crippen LogP contribution in [0, 0.1) is 6.92 Å². The van der Waals surface area contributed by atoms with Crippen LogP contribution in [0.15, 0.2) is 51.7 Å². The molecule has 0 spiro atoms. The highest BCUT2D eigenvalue weighted by atomic mass is 16.5. The largest absolute Gasteiger partial charge is 0.427 e. The molecule has 24 heavy (non-hydrogen) atoms. The molecule has 0 saturated heterocycles. The van der Waals surface area contributed by atoms with Gasteiger partial charge >= 0.3 is 11.6 Å². The van der Waals surface area contributed by atoms with Crippen LogP contribution in [0.2, 0.25) is 0 Å². The van der Waals surface area contributed by atoms with E-state index in [9.17, 15) is 9.59 Å². The van der Waals surface area contributed by atoms with Crippen LogP contribution in [-0.2, 0) is 4.79 Å². The van der Waals surface area contributed by atoms with Crippen molar-refractivity contribution in [2.24, 2.45) is 0 Å². The van der Waals surface area contributed by atoms with E-state index in [1.54, 1.807) is 6.08 Å². The molecular weight excluding hydrogens is 306 g/mol. The van der Waals surface area contributed by atoms with E-state index < -0.39 is 11.6 Å². The Hall–Kier alpha value is -3.21. The summed E-state index contributed by atoms with van der Waals surface area (Å²) in [6.07, 6.45) is 3.44. The molecule has 2 aromatic carbocycles. The molecule has 0 unspecified atom stereocenters. The molecule has 0 aliphatic rings. The topological polar surface area (TPSA) is 69.4 Å². The van der Waals surface area contributed by atoms with Gasteiger partial charge in [-0.1, -0.05) is 29.8 Å². The van der Waals surface area contributed by atoms with E-state index in [4.69, 9.17) is 9.15 Å². The van der Waals surface area contributed by atoms with E-state index in [1.807, 2.05) is 37.3 Å². The van der Waals surface area contributed by atoms with E-state index >= 15 is 0 Å². The molecule has 3 aromatic rings. The van der Waals surface area contributed by atoms with Gasteiger partial charge in [-0.2, -0.15) is 0 Å². The van der Waals surface area contributed by atoms with Gasteiger partial charge in [0.15, 0.2) is 0 Å². The summed E-state index contributed by atoms with van der Waals surface area (Å²) in [5.74, 6) is 0.0893. The first-order valence-corrected chi connectivity index (χ1v) is 7.39. The van der Waals surface area contributed by atoms with E-state index in [2.05, 4.69) is 4.98 Å². The summed E-state index contributed by atoms with van der Waals surface area (Å²) in [6, 6.07) is 12.5. The molecule has 0 radical (unpaired) electrons. The van der Waals surface area contributed by atoms with Gasteiger partial charge in [0.05, 0.1) is 10.9 Å². The molecule has 3 rings (SSSR count). The number of hydrogen-bond acceptors (Lipinski definition) is 5. The predicted molar refractivity (Wildman–Crippen MR) is 91.7 cm³/mol. The number of aromatic nitrogens is 1. The minimum Gasteiger partial charge on any atom is -0.427 e. The van der Waals surface area contributed by atoms with Crippen LogP contribution < -0.4 is 10.4 Å². The quantitative estimate of drug-likeness (QED) is 0.544. The Labute approximate surface area is 138 Å². The lowest BCUT2D eigenvalue weighted by Crippen LogP contribution is -2.05. The summed E-state index contributed by atoms with van der Waals surface area (Å²) in [6.45, 7) is 3.32. The number of rotatable bonds is 3.